The summed E-state index contributed by atoms with van der Waals surface area (Å²) in [6.45, 7) is 0.0106. The lowest BCUT2D eigenvalue weighted by Crippen LogP contribution is -2.47. The summed E-state index contributed by atoms with van der Waals surface area (Å²) < 4.78 is 41.3. The number of halogens is 3. The summed E-state index contributed by atoms with van der Waals surface area (Å²) in [7, 11) is 4.90. The van der Waals surface area contributed by atoms with Gasteiger partial charge < -0.3 is 19.9 Å². The van der Waals surface area contributed by atoms with Crippen LogP contribution < -0.4 is 10.2 Å². The molecule has 0 aromatic carbocycles. The summed E-state index contributed by atoms with van der Waals surface area (Å²) in [6, 6.07) is 3.34. The predicted octanol–water partition coefficient (Wildman–Crippen LogP) is 1.34. The Balaban J connectivity index is 2.11. The normalized spacial score (nSPS) is 14.0. The zero-order valence-corrected chi connectivity index (χ0v) is 14.6. The largest absolute Gasteiger partial charge is 0.425 e. The summed E-state index contributed by atoms with van der Waals surface area (Å²) in [4.78, 5) is 21.5. The van der Waals surface area contributed by atoms with Gasteiger partial charge in [0.05, 0.1) is 6.42 Å². The first-order valence-corrected chi connectivity index (χ1v) is 7.70. The van der Waals surface area contributed by atoms with Crippen LogP contribution in [0.25, 0.3) is 0 Å². The van der Waals surface area contributed by atoms with E-state index in [9.17, 15) is 23.1 Å². The Morgan fingerprint density at radius 1 is 1.31 bits per heavy atom. The van der Waals surface area contributed by atoms with Crippen molar-refractivity contribution in [3.8, 4) is 0 Å². The molecule has 0 aliphatic rings. The number of alkyl halides is 3. The van der Waals surface area contributed by atoms with Crippen LogP contribution in [0.3, 0.4) is 0 Å². The quantitative estimate of drug-likeness (QED) is 0.801. The van der Waals surface area contributed by atoms with Crippen molar-refractivity contribution in [1.82, 2.24) is 19.9 Å². The predicted molar refractivity (Wildman–Crippen MR) is 88.2 cm³/mol. The van der Waals surface area contributed by atoms with Crippen LogP contribution in [-0.2, 0) is 24.0 Å². The molecule has 2 aromatic rings. The highest BCUT2D eigenvalue weighted by atomic mass is 19.4. The van der Waals surface area contributed by atoms with E-state index >= 15 is 0 Å². The molecule has 0 bridgehead atoms. The van der Waals surface area contributed by atoms with Gasteiger partial charge in [-0.3, -0.25) is 4.79 Å². The van der Waals surface area contributed by atoms with Gasteiger partial charge in [-0.15, -0.1) is 0 Å². The minimum atomic E-state index is -5.06. The van der Waals surface area contributed by atoms with Crippen molar-refractivity contribution in [1.29, 1.82) is 0 Å². The topological polar surface area (TPSA) is 83.3 Å². The molecule has 0 radical (unpaired) electrons. The Bertz CT molecular complexity index is 775. The lowest BCUT2D eigenvalue weighted by molar-refractivity contribution is -0.271. The zero-order valence-electron chi connectivity index (χ0n) is 14.6. The van der Waals surface area contributed by atoms with Crippen molar-refractivity contribution < 1.29 is 23.1 Å². The summed E-state index contributed by atoms with van der Waals surface area (Å²) in [5.74, 6) is -0.938. The number of aromatic nitrogens is 3. The van der Waals surface area contributed by atoms with E-state index in [2.05, 4.69) is 15.3 Å². The van der Waals surface area contributed by atoms with Gasteiger partial charge >= 0.3 is 6.18 Å². The van der Waals surface area contributed by atoms with Crippen LogP contribution in [0.1, 0.15) is 17.8 Å². The average molecular weight is 371 g/mol. The van der Waals surface area contributed by atoms with E-state index in [1.165, 1.54) is 19.4 Å². The van der Waals surface area contributed by atoms with Gasteiger partial charge in [-0.2, -0.15) is 13.2 Å². The molecule has 1 unspecified atom stereocenters. The van der Waals surface area contributed by atoms with Gasteiger partial charge in [0, 0.05) is 46.3 Å². The number of imidazole rings is 1. The van der Waals surface area contributed by atoms with Crippen molar-refractivity contribution in [2.75, 3.05) is 19.0 Å². The Morgan fingerprint density at radius 3 is 2.54 bits per heavy atom. The van der Waals surface area contributed by atoms with Gasteiger partial charge in [0.2, 0.25) is 11.5 Å². The van der Waals surface area contributed by atoms with E-state index in [1.807, 2.05) is 0 Å². The van der Waals surface area contributed by atoms with Crippen LogP contribution in [0, 0.1) is 0 Å². The van der Waals surface area contributed by atoms with Crippen molar-refractivity contribution in [2.45, 2.75) is 24.7 Å². The number of anilines is 1. The third-order valence-corrected chi connectivity index (χ3v) is 3.83. The first kappa shape index (κ1) is 19.7. The maximum Gasteiger partial charge on any atom is 0.425 e. The molecule has 142 valence electrons. The first-order valence-electron chi connectivity index (χ1n) is 7.70. The fraction of sp³-hybridized carbons (Fsp3) is 0.438. The van der Waals surface area contributed by atoms with Crippen LogP contribution in [0.4, 0.5) is 19.0 Å². The van der Waals surface area contributed by atoms with Crippen LogP contribution >= 0.6 is 0 Å². The van der Waals surface area contributed by atoms with E-state index in [-0.39, 0.29) is 6.54 Å². The van der Waals surface area contributed by atoms with Gasteiger partial charge in [-0.1, -0.05) is 0 Å². The number of carbonyl (C=O) groups is 1. The highest BCUT2D eigenvalue weighted by Crippen LogP contribution is 2.40. The Hall–Kier alpha value is -2.62. The summed E-state index contributed by atoms with van der Waals surface area (Å²) in [5, 5.41) is 12.6. The molecule has 10 heteroatoms. The Morgan fingerprint density at radius 2 is 2.00 bits per heavy atom. The second kappa shape index (κ2) is 7.32. The molecule has 0 spiro atoms. The summed E-state index contributed by atoms with van der Waals surface area (Å²) in [6.07, 6.45) is -2.31. The maximum atomic E-state index is 13.4. The van der Waals surface area contributed by atoms with Crippen LogP contribution in [0.2, 0.25) is 0 Å². The molecule has 0 saturated carbocycles. The molecule has 2 rings (SSSR count). The highest BCUT2D eigenvalue weighted by Gasteiger charge is 2.58. The first-order chi connectivity index (χ1) is 12.0. The van der Waals surface area contributed by atoms with Gasteiger partial charge in [-0.05, 0) is 17.7 Å². The van der Waals surface area contributed by atoms with E-state index in [4.69, 9.17) is 0 Å². The molecular weight excluding hydrogens is 351 g/mol. The second-order valence-electron chi connectivity index (χ2n) is 6.09. The van der Waals surface area contributed by atoms with Crippen molar-refractivity contribution in [2.24, 2.45) is 7.05 Å². The Labute approximate surface area is 148 Å². The zero-order chi connectivity index (χ0) is 19.5. The molecule has 0 aliphatic carbocycles. The number of carbonyl (C=O) groups excluding carboxylic acids is 1. The van der Waals surface area contributed by atoms with Gasteiger partial charge in [0.15, 0.2) is 5.82 Å². The number of hydrogen-bond donors (Lipinski definition) is 2. The van der Waals surface area contributed by atoms with E-state index in [0.717, 1.165) is 10.8 Å². The standard InChI is InChI=1S/C16H20F3N5O2/c1-23(2)12-8-11(4-5-20-12)10-22-13(25)9-15(26,16(17,18)19)14-21-6-7-24(14)3/h4-8,26H,9-10H2,1-3H3,(H,22,25). The SMILES string of the molecule is CN(C)c1cc(CNC(=O)CC(O)(c2nccn2C)C(F)(F)F)ccn1. The van der Waals surface area contributed by atoms with Crippen molar-refractivity contribution in [3.05, 3.63) is 42.1 Å². The molecule has 2 aromatic heterocycles. The molecular formula is C16H20F3N5O2. The van der Waals surface area contributed by atoms with E-state index in [1.54, 1.807) is 31.1 Å². The number of aryl methyl sites for hydroxylation is 1. The number of rotatable bonds is 6. The number of hydrogen-bond acceptors (Lipinski definition) is 5. The number of aliphatic hydroxyl groups is 1. The highest BCUT2D eigenvalue weighted by molar-refractivity contribution is 5.77. The molecule has 26 heavy (non-hydrogen) atoms. The third kappa shape index (κ3) is 4.13. The Kier molecular flexibility index (Phi) is 5.55. The lowest BCUT2D eigenvalue weighted by atomic mass is 9.97. The van der Waals surface area contributed by atoms with Crippen LogP contribution in [0.5, 0.6) is 0 Å². The summed E-state index contributed by atoms with van der Waals surface area (Å²) in [5.41, 5.74) is -2.70. The van der Waals surface area contributed by atoms with Gasteiger partial charge in [0.1, 0.15) is 5.82 Å². The summed E-state index contributed by atoms with van der Waals surface area (Å²) >= 11 is 0. The number of nitrogens with one attached hydrogen (secondary N) is 1. The molecule has 1 atom stereocenters. The minimum Gasteiger partial charge on any atom is -0.374 e. The van der Waals surface area contributed by atoms with Crippen LogP contribution in [0.15, 0.2) is 30.7 Å². The van der Waals surface area contributed by atoms with E-state index < -0.39 is 29.9 Å². The molecule has 1 amide bonds. The number of amides is 1. The third-order valence-electron chi connectivity index (χ3n) is 3.83. The monoisotopic (exact) mass is 371 g/mol. The number of nitrogens with zero attached hydrogens (tertiary/aromatic N) is 4. The fourth-order valence-electron chi connectivity index (χ4n) is 2.38. The molecule has 2 N–H and O–H groups in total. The molecule has 7 nitrogen and oxygen atoms in total. The van der Waals surface area contributed by atoms with Crippen molar-refractivity contribution >= 4 is 11.7 Å². The fourth-order valence-corrected chi connectivity index (χ4v) is 2.38. The average Bonchev–Trinajstić information content (AvgIpc) is 2.98. The molecule has 0 saturated heterocycles. The smallest absolute Gasteiger partial charge is 0.374 e. The maximum absolute atomic E-state index is 13.4. The second-order valence-corrected chi connectivity index (χ2v) is 6.09. The van der Waals surface area contributed by atoms with E-state index in [0.29, 0.717) is 11.4 Å². The van der Waals surface area contributed by atoms with Gasteiger partial charge in [-0.25, -0.2) is 9.97 Å². The molecule has 0 fully saturated rings. The number of pyridine rings is 1. The minimum absolute atomic E-state index is 0.0106. The van der Waals surface area contributed by atoms with Crippen molar-refractivity contribution in [3.63, 3.8) is 0 Å². The molecule has 0 aliphatic heterocycles. The van der Waals surface area contributed by atoms with Crippen LogP contribution in [-0.4, -0.2) is 45.8 Å². The van der Waals surface area contributed by atoms with Gasteiger partial charge in [0.25, 0.3) is 0 Å². The lowest BCUT2D eigenvalue weighted by Gasteiger charge is -2.29. The molecule has 2 heterocycles.